The molecule has 1 saturated heterocycles. The number of carbonyl (C=O) groups is 1. The minimum absolute atomic E-state index is 0.0270. The number of hydrogen-bond donors (Lipinski definition) is 3. The third-order valence-corrected chi connectivity index (χ3v) is 6.14. The molecule has 0 aliphatic carbocycles. The summed E-state index contributed by atoms with van der Waals surface area (Å²) in [5.41, 5.74) is 8.96. The average molecular weight is 524 g/mol. The number of amides is 1. The molecule has 1 amide bonds. The Morgan fingerprint density at radius 3 is 2.74 bits per heavy atom. The van der Waals surface area contributed by atoms with E-state index in [0.717, 1.165) is 30.8 Å². The number of nitrogens with zero attached hydrogens (tertiary/aromatic N) is 6. The summed E-state index contributed by atoms with van der Waals surface area (Å²) in [6, 6.07) is 7.04. The predicted octanol–water partition coefficient (Wildman–Crippen LogP) is 3.54. The number of halogens is 1. The van der Waals surface area contributed by atoms with Crippen molar-refractivity contribution >= 4 is 23.8 Å². The Labute approximate surface area is 219 Å². The van der Waals surface area contributed by atoms with E-state index in [2.05, 4.69) is 35.9 Å². The first kappa shape index (κ1) is 26.7. The van der Waals surface area contributed by atoms with E-state index in [1.807, 2.05) is 18.3 Å². The number of carbonyl (C=O) groups excluding carboxylic acids is 1. The lowest BCUT2D eigenvalue weighted by Crippen LogP contribution is -2.25. The number of methoxy groups -OCH3 is 2. The molecule has 200 valence electrons. The SMILES string of the molecule is COCc1nn(Cc2ccc(N3CCCC3)nc2)cc1C(=O)NCc1c(N/C=N\N=N)ccc(OC)c1F. The van der Waals surface area contributed by atoms with E-state index >= 15 is 4.39 Å². The second kappa shape index (κ2) is 12.7. The third kappa shape index (κ3) is 6.29. The quantitative estimate of drug-likeness (QED) is 0.143. The van der Waals surface area contributed by atoms with Crippen LogP contribution in [-0.2, 0) is 24.4 Å². The normalized spacial score (nSPS) is 13.2. The zero-order valence-corrected chi connectivity index (χ0v) is 21.3. The van der Waals surface area contributed by atoms with Crippen LogP contribution in [0.4, 0.5) is 15.9 Å². The number of anilines is 2. The van der Waals surface area contributed by atoms with Crippen LogP contribution in [0.25, 0.3) is 0 Å². The molecule has 0 bridgehead atoms. The van der Waals surface area contributed by atoms with Crippen LogP contribution in [0.2, 0.25) is 0 Å². The van der Waals surface area contributed by atoms with E-state index < -0.39 is 11.7 Å². The molecule has 1 aliphatic heterocycles. The summed E-state index contributed by atoms with van der Waals surface area (Å²) in [5, 5.41) is 16.3. The van der Waals surface area contributed by atoms with Crippen molar-refractivity contribution in [3.63, 3.8) is 0 Å². The highest BCUT2D eigenvalue weighted by Gasteiger charge is 2.20. The minimum atomic E-state index is -0.633. The van der Waals surface area contributed by atoms with Crippen LogP contribution in [0.15, 0.2) is 47.0 Å². The van der Waals surface area contributed by atoms with Crippen molar-refractivity contribution in [3.8, 4) is 5.75 Å². The molecule has 0 unspecified atom stereocenters. The van der Waals surface area contributed by atoms with E-state index in [4.69, 9.17) is 15.0 Å². The van der Waals surface area contributed by atoms with Crippen molar-refractivity contribution in [1.82, 2.24) is 20.1 Å². The Morgan fingerprint density at radius 2 is 2.05 bits per heavy atom. The molecule has 12 nitrogen and oxygen atoms in total. The lowest BCUT2D eigenvalue weighted by molar-refractivity contribution is 0.0945. The first-order chi connectivity index (χ1) is 18.5. The van der Waals surface area contributed by atoms with Gasteiger partial charge in [0.25, 0.3) is 5.91 Å². The second-order valence-electron chi connectivity index (χ2n) is 8.62. The standard InChI is InChI=1S/C25H30FN9O3/c1-37-15-21-19(14-35(32-21)13-17-5-8-23(28-11-17)34-9-3-4-10-34)25(36)29-12-18-20(30-16-31-33-27)6-7-22(38-2)24(18)26/h5-8,11,14,16H,3-4,9-10,12-13,15H2,1-2H3,(H,29,36)(H2,27,30,31). The topological polar surface area (TPSA) is 142 Å². The van der Waals surface area contributed by atoms with Crippen molar-refractivity contribution in [1.29, 1.82) is 5.53 Å². The van der Waals surface area contributed by atoms with Gasteiger partial charge in [-0.05, 0) is 36.6 Å². The number of rotatable bonds is 12. The summed E-state index contributed by atoms with van der Waals surface area (Å²) in [6.07, 6.45) is 6.97. The van der Waals surface area contributed by atoms with Crippen molar-refractivity contribution in [2.24, 2.45) is 10.3 Å². The summed E-state index contributed by atoms with van der Waals surface area (Å²) >= 11 is 0. The monoisotopic (exact) mass is 523 g/mol. The van der Waals surface area contributed by atoms with E-state index in [1.165, 1.54) is 33.1 Å². The third-order valence-electron chi connectivity index (χ3n) is 6.14. The van der Waals surface area contributed by atoms with Gasteiger partial charge in [-0.25, -0.2) is 9.37 Å². The number of ether oxygens (including phenoxy) is 2. The largest absolute Gasteiger partial charge is 0.494 e. The van der Waals surface area contributed by atoms with Crippen LogP contribution < -0.4 is 20.3 Å². The van der Waals surface area contributed by atoms with Gasteiger partial charge in [-0.1, -0.05) is 11.3 Å². The van der Waals surface area contributed by atoms with E-state index in [1.54, 1.807) is 16.9 Å². The number of aromatic nitrogens is 3. The maximum Gasteiger partial charge on any atom is 0.255 e. The van der Waals surface area contributed by atoms with Crippen LogP contribution >= 0.6 is 0 Å². The Morgan fingerprint density at radius 1 is 1.24 bits per heavy atom. The van der Waals surface area contributed by atoms with Gasteiger partial charge in [0.2, 0.25) is 0 Å². The van der Waals surface area contributed by atoms with Crippen molar-refractivity contribution in [3.05, 3.63) is 64.9 Å². The highest BCUT2D eigenvalue weighted by molar-refractivity contribution is 5.95. The first-order valence-corrected chi connectivity index (χ1v) is 12.1. The zero-order valence-electron chi connectivity index (χ0n) is 21.3. The van der Waals surface area contributed by atoms with Gasteiger partial charge < -0.3 is 25.0 Å². The molecule has 0 atom stereocenters. The van der Waals surface area contributed by atoms with Gasteiger partial charge in [0.1, 0.15) is 17.9 Å². The lowest BCUT2D eigenvalue weighted by atomic mass is 10.1. The minimum Gasteiger partial charge on any atom is -0.494 e. The molecule has 0 saturated carbocycles. The molecule has 4 rings (SSSR count). The molecule has 38 heavy (non-hydrogen) atoms. The van der Waals surface area contributed by atoms with Crippen LogP contribution in [-0.4, -0.2) is 54.3 Å². The van der Waals surface area contributed by atoms with Crippen LogP contribution in [0.5, 0.6) is 5.75 Å². The molecule has 3 heterocycles. The van der Waals surface area contributed by atoms with Gasteiger partial charge in [-0.15, -0.1) is 5.10 Å². The first-order valence-electron chi connectivity index (χ1n) is 12.1. The Bertz CT molecular complexity index is 1290. The Kier molecular flexibility index (Phi) is 8.93. The van der Waals surface area contributed by atoms with Gasteiger partial charge in [-0.2, -0.15) is 10.6 Å². The number of benzene rings is 1. The van der Waals surface area contributed by atoms with Crippen molar-refractivity contribution < 1.29 is 18.7 Å². The zero-order chi connectivity index (χ0) is 26.9. The fraction of sp³-hybridized carbons (Fsp3) is 0.360. The second-order valence-corrected chi connectivity index (χ2v) is 8.62. The van der Waals surface area contributed by atoms with Gasteiger partial charge >= 0.3 is 0 Å². The van der Waals surface area contributed by atoms with Crippen molar-refractivity contribution in [2.45, 2.75) is 32.5 Å². The maximum atomic E-state index is 15.0. The summed E-state index contributed by atoms with van der Waals surface area (Å²) < 4.78 is 27.0. The van der Waals surface area contributed by atoms with Crippen LogP contribution in [0.1, 0.15) is 40.0 Å². The molecule has 3 aromatic rings. The summed E-state index contributed by atoms with van der Waals surface area (Å²) in [4.78, 5) is 20.0. The molecule has 0 spiro atoms. The molecule has 2 aromatic heterocycles. The van der Waals surface area contributed by atoms with Crippen LogP contribution in [0, 0.1) is 11.3 Å². The van der Waals surface area contributed by atoms with E-state index in [0.29, 0.717) is 23.5 Å². The van der Waals surface area contributed by atoms with E-state index in [-0.39, 0.29) is 24.5 Å². The van der Waals surface area contributed by atoms with Crippen molar-refractivity contribution in [2.75, 3.05) is 37.5 Å². The fourth-order valence-corrected chi connectivity index (χ4v) is 4.26. The molecular weight excluding hydrogens is 493 g/mol. The summed E-state index contributed by atoms with van der Waals surface area (Å²) in [6.45, 7) is 2.47. The number of hydrogen-bond acceptors (Lipinski definition) is 8. The molecule has 1 aliphatic rings. The smallest absolute Gasteiger partial charge is 0.255 e. The van der Waals surface area contributed by atoms with Crippen LogP contribution in [0.3, 0.4) is 0 Å². The molecule has 1 aromatic carbocycles. The van der Waals surface area contributed by atoms with Gasteiger partial charge in [0.15, 0.2) is 11.6 Å². The summed E-state index contributed by atoms with van der Waals surface area (Å²) in [5.74, 6) is -0.0782. The number of nitrogens with one attached hydrogen (secondary N) is 3. The maximum absolute atomic E-state index is 15.0. The molecular formula is C25H30FN9O3. The highest BCUT2D eigenvalue weighted by atomic mass is 19.1. The highest BCUT2D eigenvalue weighted by Crippen LogP contribution is 2.27. The Hall–Kier alpha value is -4.39. The fourth-order valence-electron chi connectivity index (χ4n) is 4.26. The van der Waals surface area contributed by atoms with Gasteiger partial charge in [0, 0.05) is 50.4 Å². The van der Waals surface area contributed by atoms with Gasteiger partial charge in [0.05, 0.1) is 25.8 Å². The average Bonchev–Trinajstić information content (AvgIpc) is 3.60. The number of pyridine rings is 1. The lowest BCUT2D eigenvalue weighted by Gasteiger charge is -2.16. The van der Waals surface area contributed by atoms with Gasteiger partial charge in [-0.3, -0.25) is 9.48 Å². The molecule has 13 heteroatoms. The Balaban J connectivity index is 1.49. The molecule has 1 fully saturated rings. The molecule has 3 N–H and O–H groups in total. The summed E-state index contributed by atoms with van der Waals surface area (Å²) in [7, 11) is 2.88. The molecule has 0 radical (unpaired) electrons. The van der Waals surface area contributed by atoms with E-state index in [9.17, 15) is 4.79 Å². The predicted molar refractivity (Wildman–Crippen MR) is 139 cm³/mol.